The van der Waals surface area contributed by atoms with Crippen molar-refractivity contribution in [2.24, 2.45) is 0 Å². The summed E-state index contributed by atoms with van der Waals surface area (Å²) in [5.74, 6) is -3.07. The van der Waals surface area contributed by atoms with Gasteiger partial charge in [0.15, 0.2) is 17.4 Å². The highest BCUT2D eigenvalue weighted by molar-refractivity contribution is 5.84. The van der Waals surface area contributed by atoms with Gasteiger partial charge >= 0.3 is 6.61 Å². The molecule has 0 bridgehead atoms. The van der Waals surface area contributed by atoms with E-state index in [9.17, 15) is 17.6 Å². The lowest BCUT2D eigenvalue weighted by molar-refractivity contribution is -0.0546. The number of alkyl halides is 2. The smallest absolute Gasteiger partial charge is 0.387 e. The third-order valence-electron chi connectivity index (χ3n) is 6.69. The molecule has 0 N–H and O–H groups in total. The summed E-state index contributed by atoms with van der Waals surface area (Å²) in [7, 11) is 0. The van der Waals surface area contributed by atoms with E-state index >= 15 is 4.39 Å². The van der Waals surface area contributed by atoms with Crippen LogP contribution in [0.25, 0.3) is 10.8 Å². The Kier molecular flexibility index (Phi) is 9.79. The summed E-state index contributed by atoms with van der Waals surface area (Å²) >= 11 is 0. The van der Waals surface area contributed by atoms with Crippen molar-refractivity contribution in [3.63, 3.8) is 0 Å². The second-order valence-electron chi connectivity index (χ2n) is 9.56. The summed E-state index contributed by atoms with van der Waals surface area (Å²) < 4.78 is 77.6. The average molecular weight is 543 g/mol. The molecule has 0 saturated heterocycles. The topological polar surface area (TPSA) is 18.5 Å². The van der Waals surface area contributed by atoms with Crippen molar-refractivity contribution in [3.05, 3.63) is 106 Å². The van der Waals surface area contributed by atoms with E-state index in [0.717, 1.165) is 67.5 Å². The minimum absolute atomic E-state index is 0.131. The molecule has 2 nitrogen and oxygen atoms in total. The lowest BCUT2D eigenvalue weighted by Gasteiger charge is -2.11. The van der Waals surface area contributed by atoms with Crippen molar-refractivity contribution in [3.8, 4) is 11.5 Å². The van der Waals surface area contributed by atoms with Crippen LogP contribution in [0.3, 0.4) is 0 Å². The highest BCUT2D eigenvalue weighted by Gasteiger charge is 2.17. The van der Waals surface area contributed by atoms with Gasteiger partial charge in [0, 0.05) is 5.39 Å². The van der Waals surface area contributed by atoms with Crippen molar-refractivity contribution >= 4 is 10.8 Å². The molecule has 7 heteroatoms. The third-order valence-corrected chi connectivity index (χ3v) is 6.69. The molecule has 0 aromatic heterocycles. The molecule has 0 fully saturated rings. The molecule has 4 rings (SSSR count). The van der Waals surface area contributed by atoms with E-state index in [1.807, 2.05) is 30.3 Å². The van der Waals surface area contributed by atoms with E-state index in [2.05, 4.69) is 23.8 Å². The molecular formula is C32H31F5O2. The van der Waals surface area contributed by atoms with Gasteiger partial charge in [0.05, 0.1) is 6.61 Å². The number of hydrogen-bond donors (Lipinski definition) is 0. The molecular weight excluding hydrogens is 511 g/mol. The van der Waals surface area contributed by atoms with E-state index in [-0.39, 0.29) is 24.2 Å². The van der Waals surface area contributed by atoms with Gasteiger partial charge in [-0.15, -0.1) is 0 Å². The molecule has 0 unspecified atom stereocenters. The highest BCUT2D eigenvalue weighted by atomic mass is 19.3. The molecule has 0 amide bonds. The average Bonchev–Trinajstić information content (AvgIpc) is 2.92. The molecule has 4 aromatic rings. The van der Waals surface area contributed by atoms with Crippen molar-refractivity contribution in [1.29, 1.82) is 0 Å². The summed E-state index contributed by atoms with van der Waals surface area (Å²) in [6.45, 7) is -0.444. The fourth-order valence-corrected chi connectivity index (χ4v) is 4.56. The van der Waals surface area contributed by atoms with Gasteiger partial charge in [-0.05, 0) is 84.0 Å². The van der Waals surface area contributed by atoms with Gasteiger partial charge < -0.3 is 9.47 Å². The maximum Gasteiger partial charge on any atom is 0.387 e. The molecule has 0 aliphatic carbocycles. The molecule has 0 atom stereocenters. The van der Waals surface area contributed by atoms with Crippen LogP contribution in [0.1, 0.15) is 48.4 Å². The van der Waals surface area contributed by atoms with Crippen LogP contribution in [0.15, 0.2) is 66.7 Å². The quantitative estimate of drug-likeness (QED) is 0.124. The monoisotopic (exact) mass is 542 g/mol. The lowest BCUT2D eigenvalue weighted by atomic mass is 9.97. The molecule has 0 radical (unpaired) electrons. The molecule has 0 saturated carbocycles. The normalized spacial score (nSPS) is 11.4. The van der Waals surface area contributed by atoms with Gasteiger partial charge in [-0.1, -0.05) is 62.2 Å². The van der Waals surface area contributed by atoms with Crippen molar-refractivity contribution in [2.45, 2.75) is 58.5 Å². The first-order valence-corrected chi connectivity index (χ1v) is 13.2. The molecule has 0 aliphatic heterocycles. The van der Waals surface area contributed by atoms with E-state index in [1.54, 1.807) is 12.1 Å². The van der Waals surface area contributed by atoms with Crippen LogP contribution in [0.5, 0.6) is 11.5 Å². The molecule has 0 spiro atoms. The van der Waals surface area contributed by atoms with Crippen LogP contribution in [0.2, 0.25) is 0 Å². The van der Waals surface area contributed by atoms with E-state index in [0.29, 0.717) is 10.9 Å². The minimum Gasteiger partial charge on any atom is -0.494 e. The van der Waals surface area contributed by atoms with Crippen LogP contribution in [-0.2, 0) is 25.7 Å². The molecule has 4 aromatic carbocycles. The van der Waals surface area contributed by atoms with Gasteiger partial charge in [0.1, 0.15) is 11.6 Å². The zero-order chi connectivity index (χ0) is 27.8. The molecule has 0 aliphatic rings. The summed E-state index contributed by atoms with van der Waals surface area (Å²) in [5.41, 5.74) is 2.91. The summed E-state index contributed by atoms with van der Waals surface area (Å²) in [6.07, 6.45) is 5.35. The predicted molar refractivity (Wildman–Crippen MR) is 143 cm³/mol. The maximum absolute atomic E-state index is 15.2. The Hall–Kier alpha value is -3.61. The van der Waals surface area contributed by atoms with E-state index in [1.165, 1.54) is 5.56 Å². The summed E-state index contributed by atoms with van der Waals surface area (Å²) in [4.78, 5) is 0. The number of hydrogen-bond acceptors (Lipinski definition) is 2. The standard InChI is InChI=1S/C32H31F5O2/c1-2-3-4-17-38-26-14-8-21(9-15-26)5-6-22-10-16-27-25(18-22)13-12-24(30(27)35)11-7-23-19-28(33)31(29(34)20-23)39-32(36)37/h8-10,12-16,18-20,32H,2-7,11,17H2,1H3. The van der Waals surface area contributed by atoms with Crippen LogP contribution in [0, 0.1) is 17.5 Å². The zero-order valence-corrected chi connectivity index (χ0v) is 21.8. The number of benzene rings is 4. The number of halogens is 5. The fourth-order valence-electron chi connectivity index (χ4n) is 4.56. The first-order valence-electron chi connectivity index (χ1n) is 13.2. The maximum atomic E-state index is 15.2. The van der Waals surface area contributed by atoms with Gasteiger partial charge in [-0.3, -0.25) is 0 Å². The van der Waals surface area contributed by atoms with Gasteiger partial charge in [-0.25, -0.2) is 13.2 Å². The molecule has 0 heterocycles. The first-order chi connectivity index (χ1) is 18.8. The van der Waals surface area contributed by atoms with E-state index < -0.39 is 24.0 Å². The van der Waals surface area contributed by atoms with Crippen LogP contribution < -0.4 is 9.47 Å². The number of ether oxygens (including phenoxy) is 2. The van der Waals surface area contributed by atoms with Gasteiger partial charge in [0.2, 0.25) is 0 Å². The fraction of sp³-hybridized carbons (Fsp3) is 0.312. The Morgan fingerprint density at radius 3 is 2.05 bits per heavy atom. The summed E-state index contributed by atoms with van der Waals surface area (Å²) in [6, 6.07) is 19.1. The Labute approximate surface area is 225 Å². The predicted octanol–water partition coefficient (Wildman–Crippen LogP) is 9.00. The number of unbranched alkanes of at least 4 members (excludes halogenated alkanes) is 2. The van der Waals surface area contributed by atoms with Crippen LogP contribution in [0.4, 0.5) is 22.0 Å². The number of fused-ring (bicyclic) bond motifs is 1. The van der Waals surface area contributed by atoms with Gasteiger partial charge in [0.25, 0.3) is 0 Å². The van der Waals surface area contributed by atoms with Gasteiger partial charge in [-0.2, -0.15) is 8.78 Å². The van der Waals surface area contributed by atoms with Crippen LogP contribution in [-0.4, -0.2) is 13.2 Å². The number of aryl methyl sites for hydroxylation is 4. The summed E-state index contributed by atoms with van der Waals surface area (Å²) in [5, 5.41) is 1.24. The van der Waals surface area contributed by atoms with Crippen molar-refractivity contribution < 1.29 is 31.4 Å². The highest BCUT2D eigenvalue weighted by Crippen LogP contribution is 2.28. The Morgan fingerprint density at radius 2 is 1.36 bits per heavy atom. The molecule has 206 valence electrons. The lowest BCUT2D eigenvalue weighted by Crippen LogP contribution is -2.06. The Balaban J connectivity index is 1.36. The zero-order valence-electron chi connectivity index (χ0n) is 21.8. The number of rotatable bonds is 13. The van der Waals surface area contributed by atoms with Crippen LogP contribution >= 0.6 is 0 Å². The Morgan fingerprint density at radius 1 is 0.692 bits per heavy atom. The Bertz CT molecular complexity index is 1360. The molecule has 39 heavy (non-hydrogen) atoms. The van der Waals surface area contributed by atoms with Crippen molar-refractivity contribution in [2.75, 3.05) is 6.61 Å². The second kappa shape index (κ2) is 13.5. The van der Waals surface area contributed by atoms with Crippen molar-refractivity contribution in [1.82, 2.24) is 0 Å². The SMILES string of the molecule is CCCCCOc1ccc(CCc2ccc3c(F)c(CCc4cc(F)c(OC(F)F)c(F)c4)ccc3c2)cc1. The largest absolute Gasteiger partial charge is 0.494 e. The first kappa shape index (κ1) is 28.4. The second-order valence-corrected chi connectivity index (χ2v) is 9.56. The third kappa shape index (κ3) is 7.71. The van der Waals surface area contributed by atoms with E-state index in [4.69, 9.17) is 4.74 Å². The minimum atomic E-state index is -3.33.